The normalized spacial score (nSPS) is 20.0. The van der Waals surface area contributed by atoms with Crippen molar-refractivity contribution in [2.24, 2.45) is 0 Å². The van der Waals surface area contributed by atoms with Gasteiger partial charge >= 0.3 is 0 Å². The van der Waals surface area contributed by atoms with Crippen LogP contribution in [0.15, 0.2) is 42.6 Å². The first-order valence-electron chi connectivity index (χ1n) is 8.20. The Hall–Kier alpha value is -2.36. The molecule has 4 heteroatoms. The van der Waals surface area contributed by atoms with E-state index in [9.17, 15) is 4.79 Å². The zero-order valence-corrected chi connectivity index (χ0v) is 13.9. The first-order valence-corrected chi connectivity index (χ1v) is 8.20. The zero-order valence-electron chi connectivity index (χ0n) is 13.9. The van der Waals surface area contributed by atoms with Gasteiger partial charge < -0.3 is 10.2 Å². The zero-order chi connectivity index (χ0) is 16.4. The van der Waals surface area contributed by atoms with Crippen LogP contribution in [-0.4, -0.2) is 16.9 Å². The van der Waals surface area contributed by atoms with Crippen molar-refractivity contribution in [3.05, 3.63) is 53.9 Å². The van der Waals surface area contributed by atoms with E-state index in [2.05, 4.69) is 29.4 Å². The van der Waals surface area contributed by atoms with E-state index < -0.39 is 0 Å². The highest BCUT2D eigenvalue weighted by atomic mass is 16.2. The molecule has 1 N–H and O–H groups in total. The van der Waals surface area contributed by atoms with Gasteiger partial charge in [-0.3, -0.25) is 9.78 Å². The molecule has 1 aliphatic rings. The molecular weight excluding hydrogens is 286 g/mol. The fraction of sp³-hybridized carbons (Fsp3) is 0.368. The van der Waals surface area contributed by atoms with Crippen LogP contribution < -0.4 is 10.2 Å². The molecule has 0 aliphatic carbocycles. The molecule has 1 aliphatic heterocycles. The number of nitrogens with one attached hydrogen (secondary N) is 1. The summed E-state index contributed by atoms with van der Waals surface area (Å²) in [6, 6.07) is 12.6. The number of benzene rings is 1. The molecule has 1 aromatic heterocycles. The molecule has 2 heterocycles. The number of aromatic nitrogens is 1. The van der Waals surface area contributed by atoms with Crippen molar-refractivity contribution in [3.63, 3.8) is 0 Å². The second kappa shape index (κ2) is 6.41. The summed E-state index contributed by atoms with van der Waals surface area (Å²) in [5, 5.41) is 3.57. The maximum Gasteiger partial charge on any atom is 0.226 e. The summed E-state index contributed by atoms with van der Waals surface area (Å²) < 4.78 is 0. The Labute approximate surface area is 137 Å². The van der Waals surface area contributed by atoms with Crippen LogP contribution in [-0.2, 0) is 4.79 Å². The molecule has 0 radical (unpaired) electrons. The summed E-state index contributed by atoms with van der Waals surface area (Å²) >= 11 is 0. The smallest absolute Gasteiger partial charge is 0.226 e. The van der Waals surface area contributed by atoms with E-state index >= 15 is 0 Å². The fourth-order valence-electron chi connectivity index (χ4n) is 3.25. The van der Waals surface area contributed by atoms with Gasteiger partial charge in [-0.15, -0.1) is 0 Å². The minimum Gasteiger partial charge on any atom is -0.377 e. The number of rotatable bonds is 3. The van der Waals surface area contributed by atoms with Crippen LogP contribution in [0.2, 0.25) is 0 Å². The molecule has 1 unspecified atom stereocenters. The number of carbonyl (C=O) groups excluding carboxylic acids is 1. The summed E-state index contributed by atoms with van der Waals surface area (Å²) in [5.41, 5.74) is 4.22. The van der Waals surface area contributed by atoms with Gasteiger partial charge in [0.25, 0.3) is 0 Å². The molecule has 3 rings (SSSR count). The quantitative estimate of drug-likeness (QED) is 0.929. The second-order valence-electron chi connectivity index (χ2n) is 6.15. The summed E-state index contributed by atoms with van der Waals surface area (Å²) in [7, 11) is 0. The van der Waals surface area contributed by atoms with Crippen molar-refractivity contribution in [1.82, 2.24) is 4.98 Å². The van der Waals surface area contributed by atoms with Crippen molar-refractivity contribution in [3.8, 4) is 0 Å². The number of hydrogen-bond donors (Lipinski definition) is 1. The standard InChI is InChI=1S/C19H23N3O/c1-4-19(23)22-14(3)11-17(16-7-5-6-8-18(16)22)21-15-10-9-13(2)20-12-15/h5-10,12,14,17,21H,4,11H2,1-3H3/t14-,17?/m1/s1. The molecule has 2 aromatic rings. The van der Waals surface area contributed by atoms with Crippen LogP contribution in [0.3, 0.4) is 0 Å². The first-order chi connectivity index (χ1) is 11.1. The Morgan fingerprint density at radius 3 is 2.78 bits per heavy atom. The highest BCUT2D eigenvalue weighted by Gasteiger charge is 2.32. The van der Waals surface area contributed by atoms with Crippen molar-refractivity contribution >= 4 is 17.3 Å². The third kappa shape index (κ3) is 3.07. The van der Waals surface area contributed by atoms with E-state index in [1.54, 1.807) is 0 Å². The molecule has 4 nitrogen and oxygen atoms in total. The number of hydrogen-bond acceptors (Lipinski definition) is 3. The van der Waals surface area contributed by atoms with Gasteiger partial charge in [0.05, 0.1) is 17.9 Å². The number of aryl methyl sites for hydroxylation is 1. The van der Waals surface area contributed by atoms with Gasteiger partial charge in [0.1, 0.15) is 0 Å². The van der Waals surface area contributed by atoms with Crippen molar-refractivity contribution in [2.75, 3.05) is 10.2 Å². The molecule has 1 amide bonds. The molecule has 0 saturated heterocycles. The largest absolute Gasteiger partial charge is 0.377 e. The van der Waals surface area contributed by atoms with Gasteiger partial charge in [-0.05, 0) is 44.0 Å². The van der Waals surface area contributed by atoms with Gasteiger partial charge in [0, 0.05) is 23.8 Å². The third-order valence-electron chi connectivity index (χ3n) is 4.41. The van der Waals surface area contributed by atoms with Crippen LogP contribution in [0.1, 0.15) is 44.0 Å². The Morgan fingerprint density at radius 1 is 1.30 bits per heavy atom. The monoisotopic (exact) mass is 309 g/mol. The van der Waals surface area contributed by atoms with Gasteiger partial charge in [0.15, 0.2) is 0 Å². The number of anilines is 2. The molecule has 0 fully saturated rings. The van der Waals surface area contributed by atoms with Gasteiger partial charge in [0.2, 0.25) is 5.91 Å². The number of para-hydroxylation sites is 1. The topological polar surface area (TPSA) is 45.2 Å². The van der Waals surface area contributed by atoms with Crippen LogP contribution in [0, 0.1) is 6.92 Å². The molecule has 23 heavy (non-hydrogen) atoms. The average Bonchev–Trinajstić information content (AvgIpc) is 2.56. The van der Waals surface area contributed by atoms with Gasteiger partial charge in [-0.2, -0.15) is 0 Å². The van der Waals surface area contributed by atoms with Crippen LogP contribution >= 0.6 is 0 Å². The van der Waals surface area contributed by atoms with E-state index in [-0.39, 0.29) is 18.0 Å². The summed E-state index contributed by atoms with van der Waals surface area (Å²) in [4.78, 5) is 18.6. The summed E-state index contributed by atoms with van der Waals surface area (Å²) in [5.74, 6) is 0.181. The fourth-order valence-corrected chi connectivity index (χ4v) is 3.25. The second-order valence-corrected chi connectivity index (χ2v) is 6.15. The predicted octanol–water partition coefficient (Wildman–Crippen LogP) is 4.08. The van der Waals surface area contributed by atoms with Crippen LogP contribution in [0.25, 0.3) is 0 Å². The Bertz CT molecular complexity index is 696. The third-order valence-corrected chi connectivity index (χ3v) is 4.41. The van der Waals surface area contributed by atoms with E-state index in [4.69, 9.17) is 0 Å². The minimum absolute atomic E-state index is 0.174. The summed E-state index contributed by atoms with van der Waals surface area (Å²) in [6.45, 7) is 6.02. The maximum atomic E-state index is 12.3. The van der Waals surface area contributed by atoms with Crippen LogP contribution in [0.5, 0.6) is 0 Å². The molecule has 120 valence electrons. The SMILES string of the molecule is CCC(=O)N1c2ccccc2C(Nc2ccc(C)nc2)C[C@H]1C. The Kier molecular flexibility index (Phi) is 4.33. The molecule has 0 bridgehead atoms. The lowest BCUT2D eigenvalue weighted by atomic mass is 9.91. The number of fused-ring (bicyclic) bond motifs is 1. The predicted molar refractivity (Wildman–Crippen MR) is 93.6 cm³/mol. The number of amides is 1. The lowest BCUT2D eigenvalue weighted by Crippen LogP contribution is -2.44. The minimum atomic E-state index is 0.174. The van der Waals surface area contributed by atoms with E-state index in [1.807, 2.05) is 49.2 Å². The van der Waals surface area contributed by atoms with E-state index in [0.29, 0.717) is 6.42 Å². The highest BCUT2D eigenvalue weighted by Crippen LogP contribution is 2.39. The van der Waals surface area contributed by atoms with Crippen molar-refractivity contribution in [1.29, 1.82) is 0 Å². The van der Waals surface area contributed by atoms with Crippen molar-refractivity contribution in [2.45, 2.75) is 45.7 Å². The first kappa shape index (κ1) is 15.5. The average molecular weight is 309 g/mol. The number of nitrogens with zero attached hydrogens (tertiary/aromatic N) is 2. The Morgan fingerprint density at radius 2 is 2.09 bits per heavy atom. The molecule has 1 aromatic carbocycles. The molecule has 2 atom stereocenters. The maximum absolute atomic E-state index is 12.3. The van der Waals surface area contributed by atoms with Gasteiger partial charge in [-0.1, -0.05) is 25.1 Å². The summed E-state index contributed by atoms with van der Waals surface area (Å²) in [6.07, 6.45) is 3.28. The number of carbonyl (C=O) groups is 1. The number of pyridine rings is 1. The molecular formula is C19H23N3O. The van der Waals surface area contributed by atoms with Crippen molar-refractivity contribution < 1.29 is 4.79 Å². The van der Waals surface area contributed by atoms with E-state index in [1.165, 1.54) is 5.56 Å². The molecule has 0 spiro atoms. The van der Waals surface area contributed by atoms with Gasteiger partial charge in [-0.25, -0.2) is 0 Å². The molecule has 0 saturated carbocycles. The lowest BCUT2D eigenvalue weighted by Gasteiger charge is -2.39. The Balaban J connectivity index is 1.93. The lowest BCUT2D eigenvalue weighted by molar-refractivity contribution is -0.118. The van der Waals surface area contributed by atoms with E-state index in [0.717, 1.165) is 23.5 Å². The highest BCUT2D eigenvalue weighted by molar-refractivity contribution is 5.95. The van der Waals surface area contributed by atoms with Crippen LogP contribution in [0.4, 0.5) is 11.4 Å².